The molecule has 3 N–H and O–H groups in total. The van der Waals surface area contributed by atoms with Crippen molar-refractivity contribution in [1.29, 1.82) is 0 Å². The van der Waals surface area contributed by atoms with Crippen LogP contribution in [-0.2, 0) is 11.3 Å². The molecule has 0 spiro atoms. The van der Waals surface area contributed by atoms with Crippen molar-refractivity contribution < 1.29 is 9.94 Å². The molecule has 1 aliphatic carbocycles. The fourth-order valence-corrected chi connectivity index (χ4v) is 2.15. The van der Waals surface area contributed by atoms with Gasteiger partial charge in [0.1, 0.15) is 0 Å². The maximum Gasteiger partial charge on any atom is 0.170 e. The predicted molar refractivity (Wildman–Crippen MR) is 66.0 cm³/mol. The van der Waals surface area contributed by atoms with Gasteiger partial charge < -0.3 is 15.7 Å². The van der Waals surface area contributed by atoms with E-state index in [4.69, 9.17) is 15.7 Å². The fourth-order valence-electron chi connectivity index (χ4n) is 2.15. The van der Waals surface area contributed by atoms with Crippen LogP contribution < -0.4 is 5.73 Å². The van der Waals surface area contributed by atoms with Gasteiger partial charge in [0, 0.05) is 5.56 Å². The number of nitrogens with zero attached hydrogens (tertiary/aromatic N) is 1. The third-order valence-corrected chi connectivity index (χ3v) is 3.12. The topological polar surface area (TPSA) is 67.8 Å². The van der Waals surface area contributed by atoms with E-state index >= 15 is 0 Å². The highest BCUT2D eigenvalue weighted by Gasteiger charge is 2.15. The molecule has 0 atom stereocenters. The van der Waals surface area contributed by atoms with Crippen molar-refractivity contribution in [3.05, 3.63) is 35.4 Å². The molecule has 0 saturated heterocycles. The molecule has 1 saturated carbocycles. The van der Waals surface area contributed by atoms with Crippen molar-refractivity contribution in [3.63, 3.8) is 0 Å². The summed E-state index contributed by atoms with van der Waals surface area (Å²) in [6.07, 6.45) is 5.28. The largest absolute Gasteiger partial charge is 0.409 e. The van der Waals surface area contributed by atoms with E-state index in [-0.39, 0.29) is 5.84 Å². The SMILES string of the molecule is N/C(=N\O)c1cccc(COC2CCCC2)c1. The van der Waals surface area contributed by atoms with Crippen LogP contribution in [0.3, 0.4) is 0 Å². The van der Waals surface area contributed by atoms with Crippen LogP contribution in [-0.4, -0.2) is 17.1 Å². The van der Waals surface area contributed by atoms with Crippen LogP contribution in [0.5, 0.6) is 0 Å². The molecule has 0 aromatic heterocycles. The molecule has 1 aromatic carbocycles. The molecule has 1 aliphatic rings. The molecule has 17 heavy (non-hydrogen) atoms. The highest BCUT2D eigenvalue weighted by Crippen LogP contribution is 2.22. The van der Waals surface area contributed by atoms with E-state index in [1.807, 2.05) is 24.3 Å². The Kier molecular flexibility index (Phi) is 3.98. The van der Waals surface area contributed by atoms with E-state index in [0.29, 0.717) is 12.7 Å². The molecule has 0 heterocycles. The van der Waals surface area contributed by atoms with E-state index in [1.54, 1.807) is 0 Å². The molecule has 1 aromatic rings. The molecule has 92 valence electrons. The Balaban J connectivity index is 1.96. The summed E-state index contributed by atoms with van der Waals surface area (Å²) >= 11 is 0. The zero-order chi connectivity index (χ0) is 12.1. The summed E-state index contributed by atoms with van der Waals surface area (Å²) in [7, 11) is 0. The van der Waals surface area contributed by atoms with E-state index in [0.717, 1.165) is 11.1 Å². The molecule has 0 amide bonds. The Hall–Kier alpha value is -1.55. The van der Waals surface area contributed by atoms with Gasteiger partial charge in [-0.2, -0.15) is 0 Å². The minimum Gasteiger partial charge on any atom is -0.409 e. The number of hydrogen-bond acceptors (Lipinski definition) is 3. The van der Waals surface area contributed by atoms with Crippen LogP contribution >= 0.6 is 0 Å². The van der Waals surface area contributed by atoms with Gasteiger partial charge in [-0.1, -0.05) is 36.2 Å². The summed E-state index contributed by atoms with van der Waals surface area (Å²) in [6, 6.07) is 7.59. The zero-order valence-corrected chi connectivity index (χ0v) is 9.80. The zero-order valence-electron chi connectivity index (χ0n) is 9.80. The first-order chi connectivity index (χ1) is 8.29. The minimum absolute atomic E-state index is 0.132. The van der Waals surface area contributed by atoms with E-state index in [1.165, 1.54) is 25.7 Å². The summed E-state index contributed by atoms with van der Waals surface area (Å²) in [4.78, 5) is 0. The van der Waals surface area contributed by atoms with Gasteiger partial charge >= 0.3 is 0 Å². The predicted octanol–water partition coefficient (Wildman–Crippen LogP) is 2.24. The van der Waals surface area contributed by atoms with Gasteiger partial charge in [0.2, 0.25) is 0 Å². The first-order valence-corrected chi connectivity index (χ1v) is 5.98. The van der Waals surface area contributed by atoms with Gasteiger partial charge in [0.15, 0.2) is 5.84 Å². The van der Waals surface area contributed by atoms with Crippen LogP contribution in [0, 0.1) is 0 Å². The van der Waals surface area contributed by atoms with E-state index < -0.39 is 0 Å². The van der Waals surface area contributed by atoms with Crippen molar-refractivity contribution in [2.45, 2.75) is 38.4 Å². The maximum atomic E-state index is 8.61. The number of hydrogen-bond donors (Lipinski definition) is 2. The van der Waals surface area contributed by atoms with Crippen LogP contribution in [0.1, 0.15) is 36.8 Å². The summed E-state index contributed by atoms with van der Waals surface area (Å²) in [5.74, 6) is 0.132. The van der Waals surface area contributed by atoms with Crippen LogP contribution in [0.2, 0.25) is 0 Å². The fraction of sp³-hybridized carbons (Fsp3) is 0.462. The van der Waals surface area contributed by atoms with Crippen LogP contribution in [0.4, 0.5) is 0 Å². The summed E-state index contributed by atoms with van der Waals surface area (Å²) < 4.78 is 5.81. The first-order valence-electron chi connectivity index (χ1n) is 5.98. The average Bonchev–Trinajstić information content (AvgIpc) is 2.89. The molecule has 0 aliphatic heterocycles. The third-order valence-electron chi connectivity index (χ3n) is 3.12. The molecule has 2 rings (SSSR count). The third kappa shape index (κ3) is 3.20. The summed E-state index contributed by atoms with van der Waals surface area (Å²) in [5, 5.41) is 11.6. The lowest BCUT2D eigenvalue weighted by Crippen LogP contribution is -2.13. The van der Waals surface area contributed by atoms with Gasteiger partial charge in [0.05, 0.1) is 12.7 Å². The quantitative estimate of drug-likeness (QED) is 0.363. The van der Waals surface area contributed by atoms with Crippen molar-refractivity contribution in [1.82, 2.24) is 0 Å². The second-order valence-corrected chi connectivity index (χ2v) is 4.40. The Labute approximate surface area is 101 Å². The second-order valence-electron chi connectivity index (χ2n) is 4.40. The normalized spacial score (nSPS) is 17.5. The molecule has 0 radical (unpaired) electrons. The Bertz CT molecular complexity index is 398. The number of ether oxygens (including phenoxy) is 1. The Morgan fingerprint density at radius 3 is 2.88 bits per heavy atom. The number of oxime groups is 1. The van der Waals surface area contributed by atoms with Crippen molar-refractivity contribution in [3.8, 4) is 0 Å². The molecule has 0 bridgehead atoms. The van der Waals surface area contributed by atoms with Gasteiger partial charge in [-0.25, -0.2) is 0 Å². The van der Waals surface area contributed by atoms with Gasteiger partial charge in [-0.3, -0.25) is 0 Å². The number of amidine groups is 1. The van der Waals surface area contributed by atoms with Crippen molar-refractivity contribution in [2.75, 3.05) is 0 Å². The Morgan fingerprint density at radius 1 is 1.41 bits per heavy atom. The summed E-state index contributed by atoms with van der Waals surface area (Å²) in [6.45, 7) is 0.594. The lowest BCUT2D eigenvalue weighted by molar-refractivity contribution is 0.0457. The maximum absolute atomic E-state index is 8.61. The van der Waals surface area contributed by atoms with Crippen LogP contribution in [0.25, 0.3) is 0 Å². The number of benzene rings is 1. The minimum atomic E-state index is 0.132. The summed E-state index contributed by atoms with van der Waals surface area (Å²) in [5.41, 5.74) is 7.32. The molecule has 1 fully saturated rings. The van der Waals surface area contributed by atoms with E-state index in [9.17, 15) is 0 Å². The van der Waals surface area contributed by atoms with Crippen molar-refractivity contribution >= 4 is 5.84 Å². The molecule has 0 unspecified atom stereocenters. The number of nitrogens with two attached hydrogens (primary N) is 1. The van der Waals surface area contributed by atoms with E-state index in [2.05, 4.69) is 5.16 Å². The number of rotatable bonds is 4. The molecule has 4 heteroatoms. The van der Waals surface area contributed by atoms with Gasteiger partial charge in [-0.15, -0.1) is 0 Å². The van der Waals surface area contributed by atoms with Gasteiger partial charge in [0.25, 0.3) is 0 Å². The van der Waals surface area contributed by atoms with Crippen molar-refractivity contribution in [2.24, 2.45) is 10.9 Å². The first kappa shape index (κ1) is 11.9. The average molecular weight is 234 g/mol. The molecular weight excluding hydrogens is 216 g/mol. The standard InChI is InChI=1S/C13H18N2O2/c14-13(15-16)11-5-3-4-10(8-11)9-17-12-6-1-2-7-12/h3-5,8,12,16H,1-2,6-7,9H2,(H2,14,15). The highest BCUT2D eigenvalue weighted by atomic mass is 16.5. The van der Waals surface area contributed by atoms with Gasteiger partial charge in [-0.05, 0) is 24.5 Å². The van der Waals surface area contributed by atoms with Crippen LogP contribution in [0.15, 0.2) is 29.4 Å². The monoisotopic (exact) mass is 234 g/mol. The highest BCUT2D eigenvalue weighted by molar-refractivity contribution is 5.97. The lowest BCUT2D eigenvalue weighted by Gasteiger charge is -2.11. The second kappa shape index (κ2) is 5.68. The Morgan fingerprint density at radius 2 is 2.18 bits per heavy atom. The molecular formula is C13H18N2O2. The lowest BCUT2D eigenvalue weighted by atomic mass is 10.1. The molecule has 4 nitrogen and oxygen atoms in total. The smallest absolute Gasteiger partial charge is 0.170 e.